The molecule has 0 bridgehead atoms. The summed E-state index contributed by atoms with van der Waals surface area (Å²) < 4.78 is 0. The first kappa shape index (κ1) is 19.0. The maximum Gasteiger partial charge on any atom is 0.230 e. The number of carbonyl (C=O) groups excluding carboxylic acids is 1. The monoisotopic (exact) mass is 382 g/mol. The molecular formula is C18H20Cl2N2OS. The Balaban J connectivity index is 2.30. The average molecular weight is 383 g/mol. The Morgan fingerprint density at radius 2 is 1.96 bits per heavy atom. The summed E-state index contributed by atoms with van der Waals surface area (Å²) in [4.78, 5) is 12.0. The highest BCUT2D eigenvalue weighted by Gasteiger charge is 2.21. The van der Waals surface area contributed by atoms with E-state index in [9.17, 15) is 4.79 Å². The van der Waals surface area contributed by atoms with Gasteiger partial charge in [0.15, 0.2) is 0 Å². The summed E-state index contributed by atoms with van der Waals surface area (Å²) in [6, 6.07) is 13.0. The van der Waals surface area contributed by atoms with Crippen molar-refractivity contribution in [3.63, 3.8) is 0 Å². The van der Waals surface area contributed by atoms with Gasteiger partial charge in [0.05, 0.1) is 11.0 Å². The fourth-order valence-electron chi connectivity index (χ4n) is 2.28. The van der Waals surface area contributed by atoms with Crippen LogP contribution in [-0.4, -0.2) is 18.2 Å². The van der Waals surface area contributed by atoms with E-state index in [0.717, 1.165) is 17.5 Å². The molecule has 2 aromatic rings. The summed E-state index contributed by atoms with van der Waals surface area (Å²) >= 11 is 14.0. The topological polar surface area (TPSA) is 55.1 Å². The van der Waals surface area contributed by atoms with Crippen LogP contribution in [0.2, 0.25) is 10.0 Å². The van der Waals surface area contributed by atoms with E-state index in [1.165, 1.54) is 11.8 Å². The van der Waals surface area contributed by atoms with Gasteiger partial charge in [-0.3, -0.25) is 4.79 Å². The molecule has 3 N–H and O–H groups in total. The van der Waals surface area contributed by atoms with Crippen LogP contribution in [0, 0.1) is 0 Å². The Morgan fingerprint density at radius 1 is 1.21 bits per heavy atom. The molecule has 3 nitrogen and oxygen atoms in total. The molecule has 0 aliphatic carbocycles. The molecule has 1 unspecified atom stereocenters. The summed E-state index contributed by atoms with van der Waals surface area (Å²) in [5.41, 5.74) is 8.56. The second-order valence-electron chi connectivity index (χ2n) is 5.34. The summed E-state index contributed by atoms with van der Waals surface area (Å²) in [6.07, 6.45) is 0.908. The van der Waals surface area contributed by atoms with Crippen LogP contribution < -0.4 is 11.1 Å². The number of anilines is 1. The second-order valence-corrected chi connectivity index (χ2v) is 7.27. The Bertz CT molecular complexity index is 709. The van der Waals surface area contributed by atoms with E-state index in [-0.39, 0.29) is 11.2 Å². The first-order valence-electron chi connectivity index (χ1n) is 7.70. The van der Waals surface area contributed by atoms with Gasteiger partial charge in [-0.15, -0.1) is 11.8 Å². The first-order valence-corrected chi connectivity index (χ1v) is 9.51. The molecule has 0 saturated heterocycles. The molecular weight excluding hydrogens is 363 g/mol. The SMILES string of the molecule is CCCNC(=O)CSC(c1cc(Cl)ccc1N)c1ccccc1Cl. The highest BCUT2D eigenvalue weighted by molar-refractivity contribution is 8.00. The molecule has 0 spiro atoms. The number of halogens is 2. The van der Waals surface area contributed by atoms with Gasteiger partial charge in [-0.1, -0.05) is 48.3 Å². The minimum atomic E-state index is -0.162. The van der Waals surface area contributed by atoms with Gasteiger partial charge in [-0.2, -0.15) is 0 Å². The molecule has 0 aliphatic rings. The van der Waals surface area contributed by atoms with Crippen molar-refractivity contribution in [1.82, 2.24) is 5.32 Å². The van der Waals surface area contributed by atoms with E-state index >= 15 is 0 Å². The molecule has 2 aromatic carbocycles. The fourth-order valence-corrected chi connectivity index (χ4v) is 3.96. The quantitative estimate of drug-likeness (QED) is 0.667. The summed E-state index contributed by atoms with van der Waals surface area (Å²) in [6.45, 7) is 2.70. The minimum absolute atomic E-state index is 0.000460. The number of thioether (sulfide) groups is 1. The van der Waals surface area contributed by atoms with Crippen molar-refractivity contribution in [2.24, 2.45) is 0 Å². The zero-order valence-corrected chi connectivity index (χ0v) is 15.7. The lowest BCUT2D eigenvalue weighted by Crippen LogP contribution is -2.26. The molecule has 0 fully saturated rings. The van der Waals surface area contributed by atoms with Crippen LogP contribution in [0.25, 0.3) is 0 Å². The number of carbonyl (C=O) groups is 1. The predicted molar refractivity (Wildman–Crippen MR) is 105 cm³/mol. The van der Waals surface area contributed by atoms with Crippen LogP contribution in [0.3, 0.4) is 0 Å². The molecule has 1 atom stereocenters. The molecule has 6 heteroatoms. The van der Waals surface area contributed by atoms with Gasteiger partial charge in [0.25, 0.3) is 0 Å². The van der Waals surface area contributed by atoms with Gasteiger partial charge in [0, 0.05) is 22.3 Å². The van der Waals surface area contributed by atoms with Gasteiger partial charge in [-0.05, 0) is 41.8 Å². The number of nitrogens with two attached hydrogens (primary N) is 1. The van der Waals surface area contributed by atoms with Gasteiger partial charge in [0.1, 0.15) is 0 Å². The summed E-state index contributed by atoms with van der Waals surface area (Å²) in [7, 11) is 0. The molecule has 0 aliphatic heterocycles. The lowest BCUT2D eigenvalue weighted by Gasteiger charge is -2.20. The number of hydrogen-bond donors (Lipinski definition) is 2. The molecule has 2 rings (SSSR count). The Kier molecular flexibility index (Phi) is 7.28. The van der Waals surface area contributed by atoms with Crippen molar-refractivity contribution >= 4 is 46.6 Å². The van der Waals surface area contributed by atoms with Crippen LogP contribution in [0.5, 0.6) is 0 Å². The van der Waals surface area contributed by atoms with E-state index in [1.807, 2.05) is 37.3 Å². The first-order chi connectivity index (χ1) is 11.5. The third-order valence-electron chi connectivity index (χ3n) is 3.47. The number of amides is 1. The van der Waals surface area contributed by atoms with Crippen molar-refractivity contribution in [2.75, 3.05) is 18.0 Å². The number of nitrogens with one attached hydrogen (secondary N) is 1. The Morgan fingerprint density at radius 3 is 2.67 bits per heavy atom. The Hall–Kier alpha value is -1.36. The normalized spacial score (nSPS) is 12.0. The molecule has 0 saturated carbocycles. The predicted octanol–water partition coefficient (Wildman–Crippen LogP) is 4.92. The standard InChI is InChI=1S/C18H20Cl2N2OS/c1-2-9-22-17(23)11-24-18(13-5-3-4-6-15(13)20)14-10-12(19)7-8-16(14)21/h3-8,10,18H,2,9,11,21H2,1H3,(H,22,23). The number of rotatable bonds is 7. The second kappa shape index (κ2) is 9.21. The maximum atomic E-state index is 12.0. The highest BCUT2D eigenvalue weighted by Crippen LogP contribution is 2.42. The van der Waals surface area contributed by atoms with Gasteiger partial charge >= 0.3 is 0 Å². The van der Waals surface area contributed by atoms with Gasteiger partial charge < -0.3 is 11.1 Å². The summed E-state index contributed by atoms with van der Waals surface area (Å²) in [5.74, 6) is 0.321. The van der Waals surface area contributed by atoms with E-state index in [0.29, 0.717) is 28.0 Å². The lowest BCUT2D eigenvalue weighted by atomic mass is 10.0. The largest absolute Gasteiger partial charge is 0.398 e. The number of benzene rings is 2. The maximum absolute atomic E-state index is 12.0. The van der Waals surface area contributed by atoms with Crippen LogP contribution in [0.4, 0.5) is 5.69 Å². The van der Waals surface area contributed by atoms with Crippen LogP contribution in [-0.2, 0) is 4.79 Å². The molecule has 128 valence electrons. The smallest absolute Gasteiger partial charge is 0.230 e. The van der Waals surface area contributed by atoms with Crippen LogP contribution in [0.1, 0.15) is 29.7 Å². The molecule has 0 heterocycles. The Labute approximate surface area is 156 Å². The highest BCUT2D eigenvalue weighted by atomic mass is 35.5. The van der Waals surface area contributed by atoms with Crippen molar-refractivity contribution in [3.8, 4) is 0 Å². The third-order valence-corrected chi connectivity index (χ3v) is 5.32. The van der Waals surface area contributed by atoms with E-state index in [1.54, 1.807) is 12.1 Å². The zero-order chi connectivity index (χ0) is 17.5. The van der Waals surface area contributed by atoms with Gasteiger partial charge in [-0.25, -0.2) is 0 Å². The molecule has 0 aromatic heterocycles. The minimum Gasteiger partial charge on any atom is -0.398 e. The average Bonchev–Trinajstić information content (AvgIpc) is 2.57. The third kappa shape index (κ3) is 5.07. The van der Waals surface area contributed by atoms with E-state index in [4.69, 9.17) is 28.9 Å². The lowest BCUT2D eigenvalue weighted by molar-refractivity contribution is -0.118. The fraction of sp³-hybridized carbons (Fsp3) is 0.278. The molecule has 1 amide bonds. The van der Waals surface area contributed by atoms with Crippen LogP contribution in [0.15, 0.2) is 42.5 Å². The zero-order valence-electron chi connectivity index (χ0n) is 13.4. The molecule has 0 radical (unpaired) electrons. The molecule has 24 heavy (non-hydrogen) atoms. The van der Waals surface area contributed by atoms with Crippen LogP contribution >= 0.6 is 35.0 Å². The van der Waals surface area contributed by atoms with Crippen molar-refractivity contribution in [3.05, 3.63) is 63.6 Å². The van der Waals surface area contributed by atoms with Crippen molar-refractivity contribution < 1.29 is 4.79 Å². The summed E-state index contributed by atoms with van der Waals surface area (Å²) in [5, 5.41) is 3.96. The number of hydrogen-bond acceptors (Lipinski definition) is 3. The van der Waals surface area contributed by atoms with E-state index in [2.05, 4.69) is 5.32 Å². The van der Waals surface area contributed by atoms with E-state index < -0.39 is 0 Å². The number of nitrogen functional groups attached to an aromatic ring is 1. The van der Waals surface area contributed by atoms with Crippen molar-refractivity contribution in [1.29, 1.82) is 0 Å². The van der Waals surface area contributed by atoms with Gasteiger partial charge in [0.2, 0.25) is 5.91 Å². The van der Waals surface area contributed by atoms with Crippen molar-refractivity contribution in [2.45, 2.75) is 18.6 Å².